The Kier molecular flexibility index (Phi) is 4.42. The normalized spacial score (nSPS) is 15.0. The zero-order valence-electron chi connectivity index (χ0n) is 10.5. The molecule has 0 aromatic heterocycles. The van der Waals surface area contributed by atoms with Gasteiger partial charge in [-0.3, -0.25) is 0 Å². The number of rotatable bonds is 4. The molecule has 0 amide bonds. The average Bonchev–Trinajstić information content (AvgIpc) is 2.39. The molecule has 0 radical (unpaired) electrons. The van der Waals surface area contributed by atoms with Gasteiger partial charge in [-0.1, -0.05) is 25.5 Å². The Morgan fingerprint density at radius 3 is 2.47 bits per heavy atom. The lowest BCUT2D eigenvalue weighted by Gasteiger charge is -2.17. The lowest BCUT2D eigenvalue weighted by molar-refractivity contribution is 0.668. The van der Waals surface area contributed by atoms with Gasteiger partial charge in [-0.15, -0.1) is 0 Å². The lowest BCUT2D eigenvalue weighted by atomic mass is 10.1. The largest absolute Gasteiger partial charge is 0.356 e. The summed E-state index contributed by atoms with van der Waals surface area (Å²) in [6, 6.07) is 8.54. The summed E-state index contributed by atoms with van der Waals surface area (Å²) in [6.07, 6.45) is 4.84. The van der Waals surface area contributed by atoms with Crippen LogP contribution in [0.5, 0.6) is 0 Å². The fraction of sp³-hybridized carbons (Fsp3) is 0.500. The Morgan fingerprint density at radius 1 is 1.12 bits per heavy atom. The maximum atomic E-state index is 4.53. The van der Waals surface area contributed by atoms with Crippen molar-refractivity contribution in [3.05, 3.63) is 29.8 Å². The molecule has 1 aromatic rings. The van der Waals surface area contributed by atoms with E-state index in [9.17, 15) is 0 Å². The van der Waals surface area contributed by atoms with Crippen molar-refractivity contribution in [1.29, 1.82) is 0 Å². The Morgan fingerprint density at radius 2 is 1.82 bits per heavy atom. The van der Waals surface area contributed by atoms with Crippen molar-refractivity contribution in [1.82, 2.24) is 10.6 Å². The number of hydrogen-bond donors (Lipinski definition) is 2. The molecule has 2 N–H and O–H groups in total. The van der Waals surface area contributed by atoms with Crippen LogP contribution >= 0.6 is 0 Å². The second-order valence-electron chi connectivity index (χ2n) is 4.44. The first-order valence-electron chi connectivity index (χ1n) is 6.54. The van der Waals surface area contributed by atoms with Crippen molar-refractivity contribution in [2.24, 2.45) is 4.99 Å². The molecule has 1 saturated heterocycles. The lowest BCUT2D eigenvalue weighted by Crippen LogP contribution is -2.43. The van der Waals surface area contributed by atoms with Gasteiger partial charge in [0, 0.05) is 13.1 Å². The number of aryl methyl sites for hydroxylation is 1. The smallest absolute Gasteiger partial charge is 0.196 e. The molecule has 0 aliphatic carbocycles. The van der Waals surface area contributed by atoms with E-state index in [-0.39, 0.29) is 0 Å². The van der Waals surface area contributed by atoms with Crippen LogP contribution in [0.15, 0.2) is 29.3 Å². The molecule has 1 aliphatic rings. The number of unbranched alkanes of at least 4 members (excludes halogenated alkanes) is 1. The Balaban J connectivity index is 1.97. The van der Waals surface area contributed by atoms with Crippen LogP contribution in [0.25, 0.3) is 0 Å². The monoisotopic (exact) mass is 231 g/mol. The summed E-state index contributed by atoms with van der Waals surface area (Å²) in [4.78, 5) is 4.53. The highest BCUT2D eigenvalue weighted by atomic mass is 15.2. The SMILES string of the molecule is CCCCc1ccc(N=C2NCCCN2)cc1. The molecule has 3 nitrogen and oxygen atoms in total. The zero-order chi connectivity index (χ0) is 11.9. The summed E-state index contributed by atoms with van der Waals surface area (Å²) >= 11 is 0. The highest BCUT2D eigenvalue weighted by Gasteiger charge is 2.03. The Bertz CT molecular complexity index is 360. The highest BCUT2D eigenvalue weighted by molar-refractivity contribution is 5.83. The van der Waals surface area contributed by atoms with Crippen molar-refractivity contribution < 1.29 is 0 Å². The molecular weight excluding hydrogens is 210 g/mol. The maximum absolute atomic E-state index is 4.53. The van der Waals surface area contributed by atoms with Gasteiger partial charge in [-0.25, -0.2) is 4.99 Å². The minimum Gasteiger partial charge on any atom is -0.356 e. The molecule has 1 aliphatic heterocycles. The Labute approximate surface area is 103 Å². The van der Waals surface area contributed by atoms with Crippen LogP contribution in [-0.4, -0.2) is 19.0 Å². The zero-order valence-corrected chi connectivity index (χ0v) is 10.5. The molecule has 92 valence electrons. The van der Waals surface area contributed by atoms with Crippen LogP contribution in [0.1, 0.15) is 31.7 Å². The number of nitrogens with zero attached hydrogens (tertiary/aromatic N) is 1. The van der Waals surface area contributed by atoms with E-state index in [2.05, 4.69) is 46.8 Å². The fourth-order valence-electron chi connectivity index (χ4n) is 1.89. The maximum Gasteiger partial charge on any atom is 0.196 e. The van der Waals surface area contributed by atoms with Crippen molar-refractivity contribution >= 4 is 11.6 Å². The van der Waals surface area contributed by atoms with Gasteiger partial charge in [0.05, 0.1) is 5.69 Å². The molecule has 1 heterocycles. The summed E-state index contributed by atoms with van der Waals surface area (Å²) in [5.74, 6) is 0.901. The van der Waals surface area contributed by atoms with Crippen LogP contribution < -0.4 is 10.6 Å². The van der Waals surface area contributed by atoms with E-state index in [1.54, 1.807) is 0 Å². The standard InChI is InChI=1S/C14H21N3/c1-2-3-5-12-6-8-13(9-7-12)17-14-15-10-4-11-16-14/h6-9H,2-5,10-11H2,1H3,(H2,15,16,17). The molecule has 0 spiro atoms. The van der Waals surface area contributed by atoms with Crippen LogP contribution in [-0.2, 0) is 6.42 Å². The third-order valence-corrected chi connectivity index (χ3v) is 2.93. The molecule has 17 heavy (non-hydrogen) atoms. The second-order valence-corrected chi connectivity index (χ2v) is 4.44. The quantitative estimate of drug-likeness (QED) is 0.835. The summed E-state index contributed by atoms with van der Waals surface area (Å²) in [5, 5.41) is 6.51. The fourth-order valence-corrected chi connectivity index (χ4v) is 1.89. The van der Waals surface area contributed by atoms with E-state index >= 15 is 0 Å². The molecule has 3 heteroatoms. The van der Waals surface area contributed by atoms with E-state index in [4.69, 9.17) is 0 Å². The predicted molar refractivity (Wildman–Crippen MR) is 72.8 cm³/mol. The summed E-state index contributed by atoms with van der Waals surface area (Å²) < 4.78 is 0. The van der Waals surface area contributed by atoms with Crippen LogP contribution in [0, 0.1) is 0 Å². The van der Waals surface area contributed by atoms with Gasteiger partial charge in [0.15, 0.2) is 5.96 Å². The molecular formula is C14H21N3. The van der Waals surface area contributed by atoms with Crippen LogP contribution in [0.2, 0.25) is 0 Å². The number of benzene rings is 1. The van der Waals surface area contributed by atoms with Gasteiger partial charge in [0.1, 0.15) is 0 Å². The van der Waals surface area contributed by atoms with E-state index in [0.717, 1.165) is 31.2 Å². The minimum absolute atomic E-state index is 0.901. The first-order valence-corrected chi connectivity index (χ1v) is 6.54. The highest BCUT2D eigenvalue weighted by Crippen LogP contribution is 2.14. The molecule has 0 bridgehead atoms. The number of aliphatic imine (C=N–C) groups is 1. The molecule has 0 unspecified atom stereocenters. The third-order valence-electron chi connectivity index (χ3n) is 2.93. The van der Waals surface area contributed by atoms with Gasteiger partial charge in [0.2, 0.25) is 0 Å². The first kappa shape index (κ1) is 12.0. The number of hydrogen-bond acceptors (Lipinski definition) is 1. The Hall–Kier alpha value is -1.51. The van der Waals surface area contributed by atoms with Gasteiger partial charge in [-0.05, 0) is 37.0 Å². The van der Waals surface area contributed by atoms with Gasteiger partial charge in [0.25, 0.3) is 0 Å². The minimum atomic E-state index is 0.901. The van der Waals surface area contributed by atoms with Crippen LogP contribution in [0.3, 0.4) is 0 Å². The van der Waals surface area contributed by atoms with Crippen LogP contribution in [0.4, 0.5) is 5.69 Å². The molecule has 0 saturated carbocycles. The van der Waals surface area contributed by atoms with E-state index in [0.29, 0.717) is 0 Å². The van der Waals surface area contributed by atoms with Crippen molar-refractivity contribution in [3.63, 3.8) is 0 Å². The van der Waals surface area contributed by atoms with E-state index in [1.165, 1.54) is 24.8 Å². The molecule has 1 aromatic carbocycles. The van der Waals surface area contributed by atoms with Crippen molar-refractivity contribution in [3.8, 4) is 0 Å². The average molecular weight is 231 g/mol. The third kappa shape index (κ3) is 3.77. The molecule has 0 atom stereocenters. The molecule has 1 fully saturated rings. The van der Waals surface area contributed by atoms with E-state index < -0.39 is 0 Å². The van der Waals surface area contributed by atoms with Crippen molar-refractivity contribution in [2.45, 2.75) is 32.6 Å². The van der Waals surface area contributed by atoms with Gasteiger partial charge >= 0.3 is 0 Å². The van der Waals surface area contributed by atoms with Gasteiger partial charge < -0.3 is 10.6 Å². The second kappa shape index (κ2) is 6.28. The summed E-state index contributed by atoms with van der Waals surface area (Å²) in [5.41, 5.74) is 2.42. The van der Waals surface area contributed by atoms with E-state index in [1.807, 2.05) is 0 Å². The van der Waals surface area contributed by atoms with Crippen molar-refractivity contribution in [2.75, 3.05) is 13.1 Å². The summed E-state index contributed by atoms with van der Waals surface area (Å²) in [6.45, 7) is 4.25. The summed E-state index contributed by atoms with van der Waals surface area (Å²) in [7, 11) is 0. The number of nitrogens with one attached hydrogen (secondary N) is 2. The van der Waals surface area contributed by atoms with Gasteiger partial charge in [-0.2, -0.15) is 0 Å². The predicted octanol–water partition coefficient (Wildman–Crippen LogP) is 2.60. The number of guanidine groups is 1. The topological polar surface area (TPSA) is 36.4 Å². The first-order chi connectivity index (χ1) is 8.38. The molecule has 2 rings (SSSR count).